The number of nitrogens with one attached hydrogen (secondary N) is 2. The fraction of sp³-hybridized carbons (Fsp3) is 0. The highest BCUT2D eigenvalue weighted by Gasteiger charge is 2.20. The van der Waals surface area contributed by atoms with Crippen molar-refractivity contribution in [1.29, 1.82) is 0 Å². The van der Waals surface area contributed by atoms with Crippen molar-refractivity contribution in [2.45, 2.75) is 0 Å². The highest BCUT2D eigenvalue weighted by Crippen LogP contribution is 2.33. The number of aromatic nitrogens is 1. The number of halogens is 3. The fourth-order valence-electron chi connectivity index (χ4n) is 1.65. The number of benzene rings is 1. The van der Waals surface area contributed by atoms with Gasteiger partial charge in [0.25, 0.3) is 0 Å². The van der Waals surface area contributed by atoms with Crippen LogP contribution in [0.2, 0.25) is 5.02 Å². The van der Waals surface area contributed by atoms with Crippen molar-refractivity contribution in [3.8, 4) is 0 Å². The first-order valence-electron chi connectivity index (χ1n) is 5.54. The minimum atomic E-state index is -1.30. The molecule has 0 amide bonds. The van der Waals surface area contributed by atoms with Crippen LogP contribution in [0.3, 0.4) is 0 Å². The Hall–Kier alpha value is -1.65. The van der Waals surface area contributed by atoms with Crippen molar-refractivity contribution in [2.24, 2.45) is 5.84 Å². The summed E-state index contributed by atoms with van der Waals surface area (Å²) in [5.74, 6) is 3.31. The molecule has 9 heteroatoms. The van der Waals surface area contributed by atoms with E-state index in [4.69, 9.17) is 17.4 Å². The van der Waals surface area contributed by atoms with Crippen LogP contribution in [-0.4, -0.2) is 16.1 Å². The monoisotopic (exact) mass is 422 g/mol. The molecule has 5 N–H and O–H groups in total. The van der Waals surface area contributed by atoms with Gasteiger partial charge in [-0.25, -0.2) is 20.0 Å². The van der Waals surface area contributed by atoms with Crippen molar-refractivity contribution in [2.75, 3.05) is 10.7 Å². The van der Waals surface area contributed by atoms with Gasteiger partial charge in [-0.3, -0.25) is 0 Å². The van der Waals surface area contributed by atoms with E-state index in [0.29, 0.717) is 3.57 Å². The summed E-state index contributed by atoms with van der Waals surface area (Å²) in [6, 6.07) is 4.46. The highest BCUT2D eigenvalue weighted by atomic mass is 127. The van der Waals surface area contributed by atoms with Gasteiger partial charge < -0.3 is 15.8 Å². The third-order valence-electron chi connectivity index (χ3n) is 2.57. The summed E-state index contributed by atoms with van der Waals surface area (Å²) < 4.78 is 14.6. The Kier molecular flexibility index (Phi) is 4.80. The maximum atomic E-state index is 13.9. The van der Waals surface area contributed by atoms with Crippen LogP contribution in [0.1, 0.15) is 10.4 Å². The summed E-state index contributed by atoms with van der Waals surface area (Å²) in [4.78, 5) is 15.1. The van der Waals surface area contributed by atoms with Crippen LogP contribution in [0.5, 0.6) is 0 Å². The summed E-state index contributed by atoms with van der Waals surface area (Å²) >= 11 is 7.92. The molecule has 110 valence electrons. The van der Waals surface area contributed by atoms with E-state index in [0.717, 1.165) is 0 Å². The molecule has 21 heavy (non-hydrogen) atoms. The molecule has 0 radical (unpaired) electrons. The van der Waals surface area contributed by atoms with Crippen LogP contribution >= 0.6 is 34.2 Å². The standard InChI is InChI=1S/C12H9ClFIN4O2/c13-6-4-17-11(19-16)9(12(20)21)10(6)18-8-2-1-5(15)3-7(8)14/h1-4H,16H2,(H,20,21)(H2,17,18,19). The van der Waals surface area contributed by atoms with Gasteiger partial charge >= 0.3 is 5.97 Å². The van der Waals surface area contributed by atoms with Crippen molar-refractivity contribution in [3.05, 3.63) is 44.4 Å². The molecular weight excluding hydrogens is 414 g/mol. The van der Waals surface area contributed by atoms with Crippen LogP contribution < -0.4 is 16.6 Å². The van der Waals surface area contributed by atoms with Gasteiger partial charge in [0.2, 0.25) is 0 Å². The number of rotatable bonds is 4. The predicted octanol–water partition coefficient (Wildman–Crippen LogP) is 3.21. The summed E-state index contributed by atoms with van der Waals surface area (Å²) in [6.45, 7) is 0. The molecular formula is C12H9ClFIN4O2. The van der Waals surface area contributed by atoms with Gasteiger partial charge in [-0.2, -0.15) is 0 Å². The van der Waals surface area contributed by atoms with Crippen LogP contribution in [-0.2, 0) is 0 Å². The van der Waals surface area contributed by atoms with Gasteiger partial charge in [0, 0.05) is 3.57 Å². The van der Waals surface area contributed by atoms with E-state index in [1.165, 1.54) is 18.3 Å². The van der Waals surface area contributed by atoms with Crippen LogP contribution in [0.15, 0.2) is 24.4 Å². The second kappa shape index (κ2) is 6.41. The third-order valence-corrected chi connectivity index (χ3v) is 3.53. The minimum Gasteiger partial charge on any atom is -0.477 e. The summed E-state index contributed by atoms with van der Waals surface area (Å²) in [7, 11) is 0. The number of carbonyl (C=O) groups is 1. The molecule has 0 bridgehead atoms. The Morgan fingerprint density at radius 2 is 2.19 bits per heavy atom. The molecule has 0 spiro atoms. The Morgan fingerprint density at radius 1 is 1.48 bits per heavy atom. The number of carboxylic acids is 1. The molecule has 1 heterocycles. The van der Waals surface area contributed by atoms with E-state index in [9.17, 15) is 14.3 Å². The molecule has 0 atom stereocenters. The number of nitrogens with two attached hydrogens (primary N) is 1. The van der Waals surface area contributed by atoms with Crippen molar-refractivity contribution in [1.82, 2.24) is 4.98 Å². The first-order chi connectivity index (χ1) is 9.93. The highest BCUT2D eigenvalue weighted by molar-refractivity contribution is 14.1. The van der Waals surface area contributed by atoms with Crippen molar-refractivity contribution < 1.29 is 14.3 Å². The van der Waals surface area contributed by atoms with Crippen LogP contribution in [0.4, 0.5) is 21.6 Å². The van der Waals surface area contributed by atoms with Crippen LogP contribution in [0, 0.1) is 9.39 Å². The lowest BCUT2D eigenvalue weighted by Gasteiger charge is -2.14. The van der Waals surface area contributed by atoms with E-state index in [1.807, 2.05) is 22.6 Å². The average Bonchev–Trinajstić information content (AvgIpc) is 2.43. The number of pyridine rings is 1. The van der Waals surface area contributed by atoms with E-state index >= 15 is 0 Å². The molecule has 6 nitrogen and oxygen atoms in total. The zero-order valence-electron chi connectivity index (χ0n) is 10.3. The second-order valence-electron chi connectivity index (χ2n) is 3.90. The fourth-order valence-corrected chi connectivity index (χ4v) is 2.30. The lowest BCUT2D eigenvalue weighted by Crippen LogP contribution is -2.15. The zero-order valence-corrected chi connectivity index (χ0v) is 13.2. The number of carboxylic acid groups (broad SMARTS) is 1. The topological polar surface area (TPSA) is 100 Å². The van der Waals surface area contributed by atoms with E-state index in [2.05, 4.69) is 15.7 Å². The molecule has 1 aromatic carbocycles. The van der Waals surface area contributed by atoms with Gasteiger partial charge in [-0.15, -0.1) is 0 Å². The third kappa shape index (κ3) is 3.34. The van der Waals surface area contributed by atoms with E-state index < -0.39 is 11.8 Å². The predicted molar refractivity (Wildman–Crippen MR) is 86.4 cm³/mol. The summed E-state index contributed by atoms with van der Waals surface area (Å²) in [5, 5.41) is 12.0. The minimum absolute atomic E-state index is 0.00669. The van der Waals surface area contributed by atoms with Gasteiger partial charge in [0.1, 0.15) is 11.4 Å². The summed E-state index contributed by atoms with van der Waals surface area (Å²) in [5.41, 5.74) is 1.99. The molecule has 0 saturated carbocycles. The number of anilines is 3. The number of nitrogen functional groups attached to an aromatic ring is 1. The first-order valence-corrected chi connectivity index (χ1v) is 7.00. The maximum Gasteiger partial charge on any atom is 0.341 e. The van der Waals surface area contributed by atoms with Crippen molar-refractivity contribution in [3.63, 3.8) is 0 Å². The molecule has 2 aromatic rings. The normalized spacial score (nSPS) is 10.3. The molecule has 0 unspecified atom stereocenters. The average molecular weight is 423 g/mol. The Labute approximate surface area is 137 Å². The second-order valence-corrected chi connectivity index (χ2v) is 5.56. The van der Waals surface area contributed by atoms with E-state index in [-0.39, 0.29) is 27.8 Å². The quantitative estimate of drug-likeness (QED) is 0.343. The molecule has 0 saturated heterocycles. The lowest BCUT2D eigenvalue weighted by atomic mass is 10.2. The molecule has 0 aliphatic rings. The smallest absolute Gasteiger partial charge is 0.341 e. The number of hydrogen-bond acceptors (Lipinski definition) is 5. The Morgan fingerprint density at radius 3 is 2.76 bits per heavy atom. The maximum absolute atomic E-state index is 13.9. The van der Waals surface area contributed by atoms with Gasteiger partial charge in [-0.1, -0.05) is 11.6 Å². The van der Waals surface area contributed by atoms with Gasteiger partial charge in [0.15, 0.2) is 5.82 Å². The number of nitrogens with zero attached hydrogens (tertiary/aromatic N) is 1. The molecule has 1 aromatic heterocycles. The molecule has 0 aliphatic heterocycles. The largest absolute Gasteiger partial charge is 0.477 e. The number of aromatic carboxylic acids is 1. The van der Waals surface area contributed by atoms with Crippen LogP contribution in [0.25, 0.3) is 0 Å². The first kappa shape index (κ1) is 15.7. The van der Waals surface area contributed by atoms with Gasteiger partial charge in [-0.05, 0) is 40.8 Å². The lowest BCUT2D eigenvalue weighted by molar-refractivity contribution is 0.0698. The number of hydrogen-bond donors (Lipinski definition) is 4. The van der Waals surface area contributed by atoms with E-state index in [1.54, 1.807) is 6.07 Å². The molecule has 0 fully saturated rings. The van der Waals surface area contributed by atoms with Crippen molar-refractivity contribution >= 4 is 57.4 Å². The Bertz CT molecular complexity index is 714. The zero-order chi connectivity index (χ0) is 15.6. The number of hydrazine groups is 1. The van der Waals surface area contributed by atoms with Gasteiger partial charge in [0.05, 0.1) is 22.6 Å². The SMILES string of the molecule is NNc1ncc(Cl)c(Nc2ccc(I)cc2F)c1C(=O)O. The molecule has 0 aliphatic carbocycles. The Balaban J connectivity index is 2.55. The molecule has 2 rings (SSSR count). The summed E-state index contributed by atoms with van der Waals surface area (Å²) in [6.07, 6.45) is 1.22.